The first-order chi connectivity index (χ1) is 8.19. The summed E-state index contributed by atoms with van der Waals surface area (Å²) in [5.41, 5.74) is 1.44. The Bertz CT molecular complexity index is 519. The summed E-state index contributed by atoms with van der Waals surface area (Å²) < 4.78 is 14.3. The highest BCUT2D eigenvalue weighted by Crippen LogP contribution is 2.06. The van der Waals surface area contributed by atoms with E-state index >= 15 is 0 Å². The van der Waals surface area contributed by atoms with Gasteiger partial charge in [0.2, 0.25) is 0 Å². The minimum Gasteiger partial charge on any atom is -0.355 e. The van der Waals surface area contributed by atoms with E-state index in [1.54, 1.807) is 30.1 Å². The highest BCUT2D eigenvalue weighted by atomic mass is 19.1. The average Bonchev–Trinajstić information content (AvgIpc) is 2.80. The smallest absolute Gasteiger partial charge is 0.254 e. The molecular formula is C12H12FN3O. The fourth-order valence-corrected chi connectivity index (χ4v) is 1.49. The van der Waals surface area contributed by atoms with Crippen LogP contribution in [0.25, 0.3) is 0 Å². The van der Waals surface area contributed by atoms with Crippen LogP contribution < -0.4 is 5.32 Å². The lowest BCUT2D eigenvalue weighted by Crippen LogP contribution is -2.16. The van der Waals surface area contributed by atoms with Gasteiger partial charge < -0.3 is 5.32 Å². The standard InChI is InChI=1S/C12H12FN3O/c1-14-12(17)10-6-15-16(8-10)7-9-2-4-11(13)5-3-9/h2-6,8H,7H2,1H3,(H,14,17). The highest BCUT2D eigenvalue weighted by molar-refractivity contribution is 5.93. The van der Waals surface area contributed by atoms with Gasteiger partial charge in [-0.05, 0) is 17.7 Å². The number of carbonyl (C=O) groups excluding carboxylic acids is 1. The Hall–Kier alpha value is -2.17. The minimum absolute atomic E-state index is 0.171. The molecule has 1 heterocycles. The van der Waals surface area contributed by atoms with E-state index in [0.717, 1.165) is 5.56 Å². The molecule has 0 fully saturated rings. The number of rotatable bonds is 3. The van der Waals surface area contributed by atoms with Crippen molar-refractivity contribution in [1.29, 1.82) is 0 Å². The summed E-state index contributed by atoms with van der Waals surface area (Å²) in [6.07, 6.45) is 3.16. The molecule has 0 bridgehead atoms. The fourth-order valence-electron chi connectivity index (χ4n) is 1.49. The van der Waals surface area contributed by atoms with E-state index in [1.165, 1.54) is 18.3 Å². The van der Waals surface area contributed by atoms with E-state index in [2.05, 4.69) is 10.4 Å². The van der Waals surface area contributed by atoms with Gasteiger partial charge in [-0.25, -0.2) is 4.39 Å². The number of aromatic nitrogens is 2. The lowest BCUT2D eigenvalue weighted by atomic mass is 10.2. The molecule has 2 rings (SSSR count). The van der Waals surface area contributed by atoms with Gasteiger partial charge in [0.25, 0.3) is 5.91 Å². The molecule has 4 nitrogen and oxygen atoms in total. The van der Waals surface area contributed by atoms with Crippen molar-refractivity contribution in [2.24, 2.45) is 0 Å². The molecule has 0 aliphatic carbocycles. The van der Waals surface area contributed by atoms with E-state index in [-0.39, 0.29) is 11.7 Å². The Morgan fingerprint density at radius 1 is 1.41 bits per heavy atom. The predicted octanol–water partition coefficient (Wildman–Crippen LogP) is 1.43. The SMILES string of the molecule is CNC(=O)c1cnn(Cc2ccc(F)cc2)c1. The molecule has 0 atom stereocenters. The molecule has 1 N–H and O–H groups in total. The maximum atomic E-state index is 12.7. The summed E-state index contributed by atoms with van der Waals surface area (Å²) in [6, 6.07) is 6.18. The molecule has 1 aromatic heterocycles. The number of amides is 1. The quantitative estimate of drug-likeness (QED) is 0.871. The third-order valence-electron chi connectivity index (χ3n) is 2.38. The van der Waals surface area contributed by atoms with Crippen molar-refractivity contribution in [3.8, 4) is 0 Å². The first-order valence-corrected chi connectivity index (χ1v) is 5.18. The Balaban J connectivity index is 2.11. The van der Waals surface area contributed by atoms with E-state index in [0.29, 0.717) is 12.1 Å². The van der Waals surface area contributed by atoms with Crippen LogP contribution >= 0.6 is 0 Å². The third-order valence-corrected chi connectivity index (χ3v) is 2.38. The van der Waals surface area contributed by atoms with Crippen molar-refractivity contribution in [3.05, 3.63) is 53.6 Å². The second-order valence-electron chi connectivity index (χ2n) is 3.63. The second kappa shape index (κ2) is 4.78. The molecule has 0 saturated carbocycles. The van der Waals surface area contributed by atoms with Gasteiger partial charge in [0.1, 0.15) is 5.82 Å². The molecule has 1 amide bonds. The number of hydrogen-bond acceptors (Lipinski definition) is 2. The van der Waals surface area contributed by atoms with Crippen LogP contribution in [0, 0.1) is 5.82 Å². The van der Waals surface area contributed by atoms with E-state index in [9.17, 15) is 9.18 Å². The topological polar surface area (TPSA) is 46.9 Å². The van der Waals surface area contributed by atoms with Gasteiger partial charge in [0, 0.05) is 13.2 Å². The zero-order valence-electron chi connectivity index (χ0n) is 9.35. The number of nitrogens with zero attached hydrogens (tertiary/aromatic N) is 2. The van der Waals surface area contributed by atoms with E-state index in [1.807, 2.05) is 0 Å². The highest BCUT2D eigenvalue weighted by Gasteiger charge is 2.06. The lowest BCUT2D eigenvalue weighted by Gasteiger charge is -2.01. The van der Waals surface area contributed by atoms with Crippen LogP contribution in [-0.4, -0.2) is 22.7 Å². The van der Waals surface area contributed by atoms with Gasteiger partial charge in [-0.15, -0.1) is 0 Å². The summed E-state index contributed by atoms with van der Waals surface area (Å²) in [5, 5.41) is 6.59. The van der Waals surface area contributed by atoms with Crippen molar-refractivity contribution in [1.82, 2.24) is 15.1 Å². The fraction of sp³-hybridized carbons (Fsp3) is 0.167. The van der Waals surface area contributed by atoms with Gasteiger partial charge in [-0.1, -0.05) is 12.1 Å². The maximum Gasteiger partial charge on any atom is 0.254 e. The van der Waals surface area contributed by atoms with E-state index < -0.39 is 0 Å². The minimum atomic E-state index is -0.264. The number of halogens is 1. The molecule has 17 heavy (non-hydrogen) atoms. The molecule has 5 heteroatoms. The monoisotopic (exact) mass is 233 g/mol. The van der Waals surface area contributed by atoms with Crippen LogP contribution in [0.2, 0.25) is 0 Å². The van der Waals surface area contributed by atoms with Crippen LogP contribution in [-0.2, 0) is 6.54 Å². The number of benzene rings is 1. The van der Waals surface area contributed by atoms with Crippen molar-refractivity contribution >= 4 is 5.91 Å². The van der Waals surface area contributed by atoms with Gasteiger partial charge in [0.05, 0.1) is 18.3 Å². The molecule has 0 unspecified atom stereocenters. The average molecular weight is 233 g/mol. The zero-order chi connectivity index (χ0) is 12.3. The normalized spacial score (nSPS) is 10.2. The van der Waals surface area contributed by atoms with Gasteiger partial charge in [0.15, 0.2) is 0 Å². The second-order valence-corrected chi connectivity index (χ2v) is 3.63. The maximum absolute atomic E-state index is 12.7. The number of hydrogen-bond donors (Lipinski definition) is 1. The molecular weight excluding hydrogens is 221 g/mol. The summed E-state index contributed by atoms with van der Waals surface area (Å²) in [6.45, 7) is 0.511. The zero-order valence-corrected chi connectivity index (χ0v) is 9.35. The largest absolute Gasteiger partial charge is 0.355 e. The van der Waals surface area contributed by atoms with Crippen LogP contribution in [0.5, 0.6) is 0 Å². The van der Waals surface area contributed by atoms with Gasteiger partial charge >= 0.3 is 0 Å². The Morgan fingerprint density at radius 3 is 2.76 bits per heavy atom. The molecule has 0 spiro atoms. The predicted molar refractivity (Wildman–Crippen MR) is 61.1 cm³/mol. The lowest BCUT2D eigenvalue weighted by molar-refractivity contribution is 0.0963. The third kappa shape index (κ3) is 2.69. The van der Waals surface area contributed by atoms with Crippen LogP contribution in [0.4, 0.5) is 4.39 Å². The van der Waals surface area contributed by atoms with Crippen molar-refractivity contribution in [3.63, 3.8) is 0 Å². The number of carbonyl (C=O) groups is 1. The Kier molecular flexibility index (Phi) is 3.18. The Morgan fingerprint density at radius 2 is 2.12 bits per heavy atom. The molecule has 2 aromatic rings. The summed E-state index contributed by atoms with van der Waals surface area (Å²) in [5.74, 6) is -0.435. The van der Waals surface area contributed by atoms with Crippen molar-refractivity contribution in [2.45, 2.75) is 6.54 Å². The van der Waals surface area contributed by atoms with Crippen molar-refractivity contribution < 1.29 is 9.18 Å². The van der Waals surface area contributed by atoms with Gasteiger partial charge in [-0.3, -0.25) is 9.48 Å². The summed E-state index contributed by atoms with van der Waals surface area (Å²) in [4.78, 5) is 11.3. The number of nitrogens with one attached hydrogen (secondary N) is 1. The van der Waals surface area contributed by atoms with Gasteiger partial charge in [-0.2, -0.15) is 5.10 Å². The molecule has 88 valence electrons. The first kappa shape index (κ1) is 11.3. The van der Waals surface area contributed by atoms with Crippen LogP contribution in [0.1, 0.15) is 15.9 Å². The summed E-state index contributed by atoms with van der Waals surface area (Å²) >= 11 is 0. The van der Waals surface area contributed by atoms with E-state index in [4.69, 9.17) is 0 Å². The van der Waals surface area contributed by atoms with Crippen LogP contribution in [0.3, 0.4) is 0 Å². The Labute approximate surface area is 98.1 Å². The molecule has 0 aliphatic rings. The molecule has 1 aromatic carbocycles. The van der Waals surface area contributed by atoms with Crippen molar-refractivity contribution in [2.75, 3.05) is 7.05 Å². The molecule has 0 aliphatic heterocycles. The van der Waals surface area contributed by atoms with Crippen LogP contribution in [0.15, 0.2) is 36.7 Å². The molecule has 0 radical (unpaired) electrons. The first-order valence-electron chi connectivity index (χ1n) is 5.18. The molecule has 0 saturated heterocycles. The summed E-state index contributed by atoms with van der Waals surface area (Å²) in [7, 11) is 1.57.